The molecule has 0 N–H and O–H groups in total. The molecular weight excluding hydrogens is 404 g/mol. The predicted octanol–water partition coefficient (Wildman–Crippen LogP) is 6.58. The Kier molecular flexibility index (Phi) is 13.2. The number of carbonyl (C=O) groups is 2. The number of hydroxylamine groups is 1. The molecule has 1 saturated heterocycles. The normalized spacial score (nSPS) is 19.3. The number of nitroso groups, excluding NO2 is 1. The van der Waals surface area contributed by atoms with E-state index in [1.807, 2.05) is 75.2 Å². The number of fused-ring (bicyclic) bond motifs is 2. The zero-order valence-electron chi connectivity index (χ0n) is 19.4. The van der Waals surface area contributed by atoms with Gasteiger partial charge in [-0.2, -0.15) is 0 Å². The Bertz CT molecular complexity index is 837. The van der Waals surface area contributed by atoms with Crippen LogP contribution in [-0.2, 0) is 14.4 Å². The fourth-order valence-corrected chi connectivity index (χ4v) is 3.19. The van der Waals surface area contributed by atoms with Gasteiger partial charge in [-0.15, -0.1) is 4.91 Å². The fourth-order valence-electron chi connectivity index (χ4n) is 3.19. The average Bonchev–Trinajstić information content (AvgIpc) is 3.61. The highest BCUT2D eigenvalue weighted by Crippen LogP contribution is 2.35. The molecule has 1 saturated carbocycles. The number of para-hydroxylation sites is 1. The summed E-state index contributed by atoms with van der Waals surface area (Å²) in [5.41, 5.74) is 1.53. The first-order valence-electron chi connectivity index (χ1n) is 11.3. The van der Waals surface area contributed by atoms with Crippen LogP contribution in [0.5, 0.6) is 0 Å². The number of ketones is 2. The van der Waals surface area contributed by atoms with Crippen LogP contribution in [0.4, 0.5) is 11.4 Å². The molecule has 32 heavy (non-hydrogen) atoms. The van der Waals surface area contributed by atoms with Gasteiger partial charge in [-0.05, 0) is 41.9 Å². The monoisotopic (exact) mass is 438 g/mol. The number of carbonyl (C=O) groups excluding carboxylic acids is 2. The lowest BCUT2D eigenvalue weighted by atomic mass is 10.2. The van der Waals surface area contributed by atoms with Crippen LogP contribution in [0.15, 0.2) is 78.0 Å². The highest BCUT2D eigenvalue weighted by Gasteiger charge is 2.45. The number of hydrogen-bond acceptors (Lipinski definition) is 6. The quantitative estimate of drug-likeness (QED) is 0.495. The summed E-state index contributed by atoms with van der Waals surface area (Å²) in [5.74, 6) is 0.525. The van der Waals surface area contributed by atoms with E-state index in [1.165, 1.54) is 0 Å². The van der Waals surface area contributed by atoms with Gasteiger partial charge in [0, 0.05) is 19.3 Å². The minimum atomic E-state index is -0.180. The largest absolute Gasteiger partial charge is 0.297 e. The molecule has 2 aliphatic carbocycles. The van der Waals surface area contributed by atoms with Crippen molar-refractivity contribution in [3.8, 4) is 0 Å². The maximum atomic E-state index is 11.3. The van der Waals surface area contributed by atoms with Crippen molar-refractivity contribution in [2.24, 2.45) is 5.18 Å². The zero-order chi connectivity index (χ0) is 23.8. The molecule has 3 aliphatic rings. The Morgan fingerprint density at radius 1 is 0.906 bits per heavy atom. The zero-order valence-corrected chi connectivity index (χ0v) is 19.4. The summed E-state index contributed by atoms with van der Waals surface area (Å²) in [6.45, 7) is 8.00. The predicted molar refractivity (Wildman–Crippen MR) is 130 cm³/mol. The minimum absolute atomic E-state index is 0.180. The van der Waals surface area contributed by atoms with Crippen molar-refractivity contribution in [2.45, 2.75) is 65.5 Å². The molecule has 6 nitrogen and oxygen atoms in total. The highest BCUT2D eigenvalue weighted by atomic mass is 16.7. The van der Waals surface area contributed by atoms with E-state index >= 15 is 0 Å². The maximum Gasteiger partial charge on any atom is 0.166 e. The molecule has 0 radical (unpaired) electrons. The van der Waals surface area contributed by atoms with Gasteiger partial charge in [0.1, 0.15) is 11.8 Å². The van der Waals surface area contributed by atoms with Crippen LogP contribution in [0, 0.1) is 4.91 Å². The maximum absolute atomic E-state index is 11.3. The number of Topliss-reactive ketones (excluding diaryl/α,β-unsaturated/α-hetero) is 1. The Morgan fingerprint density at radius 2 is 1.50 bits per heavy atom. The second kappa shape index (κ2) is 15.6. The van der Waals surface area contributed by atoms with E-state index in [0.717, 1.165) is 24.9 Å². The van der Waals surface area contributed by atoms with Gasteiger partial charge in [-0.1, -0.05) is 70.2 Å². The molecule has 2 bridgehead atoms. The van der Waals surface area contributed by atoms with E-state index < -0.39 is 0 Å². The number of allylic oxidation sites excluding steroid dienone is 2. The smallest absolute Gasteiger partial charge is 0.166 e. The third-order valence-electron chi connectivity index (χ3n) is 4.59. The molecule has 2 unspecified atom stereocenters. The van der Waals surface area contributed by atoms with Crippen LogP contribution in [0.1, 0.15) is 53.4 Å². The highest BCUT2D eigenvalue weighted by molar-refractivity contribution is 5.91. The molecule has 6 heteroatoms. The molecule has 0 aromatic heterocycles. The summed E-state index contributed by atoms with van der Waals surface area (Å²) in [4.78, 5) is 36.7. The molecule has 5 rings (SSSR count). The van der Waals surface area contributed by atoms with Crippen LogP contribution >= 0.6 is 0 Å². The van der Waals surface area contributed by atoms with E-state index in [9.17, 15) is 14.5 Å². The van der Waals surface area contributed by atoms with Gasteiger partial charge in [0.2, 0.25) is 0 Å². The van der Waals surface area contributed by atoms with Crippen LogP contribution in [-0.4, -0.2) is 23.7 Å². The van der Waals surface area contributed by atoms with E-state index in [4.69, 9.17) is 4.84 Å². The van der Waals surface area contributed by atoms with Crippen molar-refractivity contribution in [2.75, 3.05) is 5.06 Å². The Hall–Kier alpha value is -3.12. The average molecular weight is 439 g/mol. The summed E-state index contributed by atoms with van der Waals surface area (Å²) >= 11 is 0. The van der Waals surface area contributed by atoms with E-state index in [1.54, 1.807) is 30.3 Å². The first-order chi connectivity index (χ1) is 15.7. The summed E-state index contributed by atoms with van der Waals surface area (Å²) < 4.78 is 0. The SMILES string of the molecule is CC.CC.O=C1C=CCC1.O=C1CC2CC1ON2c1ccccc1.O=Nc1ccccc1. The van der Waals surface area contributed by atoms with Crippen LogP contribution < -0.4 is 5.06 Å². The van der Waals surface area contributed by atoms with Gasteiger partial charge < -0.3 is 0 Å². The fraction of sp³-hybridized carbons (Fsp3) is 0.385. The topological polar surface area (TPSA) is 76.0 Å². The molecule has 172 valence electrons. The third-order valence-corrected chi connectivity index (χ3v) is 4.59. The van der Waals surface area contributed by atoms with Crippen molar-refractivity contribution in [3.05, 3.63) is 77.7 Å². The first kappa shape index (κ1) is 26.9. The molecule has 2 fully saturated rings. The van der Waals surface area contributed by atoms with Crippen molar-refractivity contribution in [1.29, 1.82) is 0 Å². The third kappa shape index (κ3) is 8.55. The van der Waals surface area contributed by atoms with Gasteiger partial charge in [0.25, 0.3) is 0 Å². The Balaban J connectivity index is 0.000000243. The second-order valence-electron chi connectivity index (χ2n) is 6.65. The van der Waals surface area contributed by atoms with E-state index in [2.05, 4.69) is 5.18 Å². The van der Waals surface area contributed by atoms with Gasteiger partial charge >= 0.3 is 0 Å². The molecule has 2 aromatic rings. The second-order valence-corrected chi connectivity index (χ2v) is 6.65. The number of anilines is 1. The molecule has 1 heterocycles. The van der Waals surface area contributed by atoms with Crippen molar-refractivity contribution in [3.63, 3.8) is 0 Å². The van der Waals surface area contributed by atoms with E-state index in [-0.39, 0.29) is 23.7 Å². The summed E-state index contributed by atoms with van der Waals surface area (Å²) in [6, 6.07) is 18.9. The van der Waals surface area contributed by atoms with Crippen LogP contribution in [0.25, 0.3) is 0 Å². The number of nitrogens with zero attached hydrogens (tertiary/aromatic N) is 2. The van der Waals surface area contributed by atoms with Crippen LogP contribution in [0.3, 0.4) is 0 Å². The number of hydrogen-bond donors (Lipinski definition) is 0. The van der Waals surface area contributed by atoms with Crippen molar-refractivity contribution < 1.29 is 14.4 Å². The first-order valence-corrected chi connectivity index (χ1v) is 11.3. The molecule has 0 amide bonds. The van der Waals surface area contributed by atoms with E-state index in [0.29, 0.717) is 12.1 Å². The summed E-state index contributed by atoms with van der Waals surface area (Å²) in [6.07, 6.45) is 6.55. The minimum Gasteiger partial charge on any atom is -0.297 e. The van der Waals surface area contributed by atoms with Crippen LogP contribution in [0.2, 0.25) is 0 Å². The molecule has 0 spiro atoms. The van der Waals surface area contributed by atoms with Crippen molar-refractivity contribution >= 4 is 22.9 Å². The van der Waals surface area contributed by atoms with Gasteiger partial charge in [-0.25, -0.2) is 5.06 Å². The summed E-state index contributed by atoms with van der Waals surface area (Å²) in [7, 11) is 0. The van der Waals surface area contributed by atoms with Crippen molar-refractivity contribution in [1.82, 2.24) is 0 Å². The molecular formula is C26H34N2O4. The molecule has 2 atom stereocenters. The number of benzene rings is 2. The lowest BCUT2D eigenvalue weighted by Crippen LogP contribution is -2.35. The lowest BCUT2D eigenvalue weighted by molar-refractivity contribution is -0.129. The Morgan fingerprint density at radius 3 is 1.84 bits per heavy atom. The summed E-state index contributed by atoms with van der Waals surface area (Å²) in [5, 5.41) is 4.60. The molecule has 2 aromatic carbocycles. The standard InChI is InChI=1S/C11H11NO2.C6H5NO.C5H6O.2C2H6/c13-10-6-9-7-11(10)14-12(9)8-4-2-1-3-5-8;8-7-6-4-2-1-3-5-6;6-5-3-1-2-4-5;2*1-2/h1-5,9,11H,6-7H2;1-5H;1,3H,2,4H2;2*1-2H3. The number of rotatable bonds is 2. The van der Waals surface area contributed by atoms with Gasteiger partial charge in [0.15, 0.2) is 11.6 Å². The van der Waals surface area contributed by atoms with Gasteiger partial charge in [-0.3, -0.25) is 14.4 Å². The molecule has 1 aliphatic heterocycles. The Labute approximate surface area is 191 Å². The lowest BCUT2D eigenvalue weighted by Gasteiger charge is -2.26. The van der Waals surface area contributed by atoms with Gasteiger partial charge in [0.05, 0.1) is 11.7 Å².